The number of thiazole rings is 1. The van der Waals surface area contributed by atoms with Crippen molar-refractivity contribution < 1.29 is 9.53 Å². The van der Waals surface area contributed by atoms with Crippen molar-refractivity contribution in [2.45, 2.75) is 19.9 Å². The Hall–Kier alpha value is -3.77. The number of rotatable bonds is 6. The number of fused-ring (bicyclic) bond motifs is 2. The van der Waals surface area contributed by atoms with Crippen LogP contribution in [0.25, 0.3) is 21.0 Å². The molecule has 0 saturated carbocycles. The van der Waals surface area contributed by atoms with Gasteiger partial charge in [0, 0.05) is 12.4 Å². The highest BCUT2D eigenvalue weighted by Gasteiger charge is 2.22. The van der Waals surface area contributed by atoms with Crippen LogP contribution < -0.4 is 9.64 Å². The Balaban J connectivity index is 1.53. The van der Waals surface area contributed by atoms with Crippen molar-refractivity contribution in [3.8, 4) is 5.75 Å². The van der Waals surface area contributed by atoms with Gasteiger partial charge in [-0.3, -0.25) is 14.7 Å². The zero-order valence-electron chi connectivity index (χ0n) is 18.5. The average Bonchev–Trinajstić information content (AvgIpc) is 3.29. The molecule has 0 N–H and O–H groups in total. The third-order valence-corrected chi connectivity index (χ3v) is 6.89. The second-order valence-electron chi connectivity index (χ2n) is 7.96. The number of methoxy groups -OCH3 is 1. The van der Waals surface area contributed by atoms with Crippen molar-refractivity contribution in [1.82, 2.24) is 9.97 Å². The molecule has 2 heterocycles. The van der Waals surface area contributed by atoms with Gasteiger partial charge >= 0.3 is 0 Å². The fourth-order valence-electron chi connectivity index (χ4n) is 3.93. The largest absolute Gasteiger partial charge is 0.494 e. The molecule has 164 valence electrons. The smallest absolute Gasteiger partial charge is 0.233 e. The van der Waals surface area contributed by atoms with Gasteiger partial charge in [0.25, 0.3) is 0 Å². The van der Waals surface area contributed by atoms with Gasteiger partial charge in [0.1, 0.15) is 11.3 Å². The lowest BCUT2D eigenvalue weighted by Gasteiger charge is -2.20. The van der Waals surface area contributed by atoms with Gasteiger partial charge < -0.3 is 4.74 Å². The lowest BCUT2D eigenvalue weighted by molar-refractivity contribution is -0.118. The summed E-state index contributed by atoms with van der Waals surface area (Å²) in [6.07, 6.45) is 3.81. The average molecular weight is 454 g/mol. The Morgan fingerprint density at radius 1 is 1.00 bits per heavy atom. The highest BCUT2D eigenvalue weighted by molar-refractivity contribution is 7.22. The number of nitrogens with zero attached hydrogens (tertiary/aromatic N) is 3. The number of carbonyl (C=O) groups is 1. The first-order valence-corrected chi connectivity index (χ1v) is 11.5. The summed E-state index contributed by atoms with van der Waals surface area (Å²) in [7, 11) is 1.64. The van der Waals surface area contributed by atoms with Gasteiger partial charge in [0.2, 0.25) is 5.91 Å². The summed E-state index contributed by atoms with van der Waals surface area (Å²) in [6.45, 7) is 2.45. The normalized spacial score (nSPS) is 11.1. The maximum Gasteiger partial charge on any atom is 0.233 e. The number of aryl methyl sites for hydroxylation is 1. The lowest BCUT2D eigenvalue weighted by Crippen LogP contribution is -2.31. The molecule has 6 heteroatoms. The molecule has 0 spiro atoms. The van der Waals surface area contributed by atoms with Crippen molar-refractivity contribution in [3.63, 3.8) is 0 Å². The molecular formula is C27H23N3O2S. The maximum absolute atomic E-state index is 13.6. The monoisotopic (exact) mass is 453 g/mol. The fourth-order valence-corrected chi connectivity index (χ4v) is 5.00. The third kappa shape index (κ3) is 4.30. The molecule has 0 fully saturated rings. The summed E-state index contributed by atoms with van der Waals surface area (Å²) in [4.78, 5) is 24.4. The van der Waals surface area contributed by atoms with Crippen molar-refractivity contribution >= 4 is 43.4 Å². The molecule has 33 heavy (non-hydrogen) atoms. The van der Waals surface area contributed by atoms with Crippen LogP contribution >= 0.6 is 11.3 Å². The molecule has 0 aliphatic heterocycles. The summed E-state index contributed by atoms with van der Waals surface area (Å²) < 4.78 is 6.55. The third-order valence-electron chi connectivity index (χ3n) is 5.68. The number of hydrogen-bond donors (Lipinski definition) is 0. The number of pyridine rings is 1. The molecule has 0 aliphatic carbocycles. The van der Waals surface area contributed by atoms with Crippen molar-refractivity contribution in [3.05, 3.63) is 95.8 Å². The van der Waals surface area contributed by atoms with Gasteiger partial charge in [-0.25, -0.2) is 4.98 Å². The van der Waals surface area contributed by atoms with E-state index < -0.39 is 0 Å². The standard InChI is InChI=1S/C27H23N3O2S/c1-18-9-12-23(32-2)25-26(18)33-27(29-25)30(17-20-6-5-13-28-16-20)24(31)15-19-10-11-21-7-3-4-8-22(21)14-19/h3-14,16H,15,17H2,1-2H3. The number of aromatic nitrogens is 2. The molecule has 0 aliphatic rings. The Morgan fingerprint density at radius 3 is 2.64 bits per heavy atom. The molecule has 0 radical (unpaired) electrons. The Kier molecular flexibility index (Phi) is 5.75. The van der Waals surface area contributed by atoms with E-state index >= 15 is 0 Å². The number of benzene rings is 3. The lowest BCUT2D eigenvalue weighted by atomic mass is 10.0. The highest BCUT2D eigenvalue weighted by Crippen LogP contribution is 2.37. The number of ether oxygens (including phenoxy) is 1. The Labute approximate surface area is 196 Å². The predicted molar refractivity (Wildman–Crippen MR) is 134 cm³/mol. The highest BCUT2D eigenvalue weighted by atomic mass is 32.1. The minimum atomic E-state index is -0.00943. The molecule has 2 aromatic heterocycles. The number of amides is 1. The van der Waals surface area contributed by atoms with Crippen LogP contribution in [0.4, 0.5) is 5.13 Å². The molecule has 0 saturated heterocycles. The van der Waals surface area contributed by atoms with E-state index in [1.807, 2.05) is 49.4 Å². The second kappa shape index (κ2) is 9.00. The van der Waals surface area contributed by atoms with Gasteiger partial charge in [0.05, 0.1) is 24.8 Å². The molecule has 1 amide bonds. The summed E-state index contributed by atoms with van der Waals surface area (Å²) in [5, 5.41) is 2.95. The van der Waals surface area contributed by atoms with Crippen molar-refractivity contribution in [2.75, 3.05) is 12.0 Å². The molecule has 3 aromatic carbocycles. The van der Waals surface area contributed by atoms with E-state index in [2.05, 4.69) is 29.2 Å². The molecule has 5 rings (SSSR count). The minimum Gasteiger partial charge on any atom is -0.494 e. The molecule has 0 atom stereocenters. The quantitative estimate of drug-likeness (QED) is 0.319. The van der Waals surface area contributed by atoms with Crippen LogP contribution in [0.1, 0.15) is 16.7 Å². The van der Waals surface area contributed by atoms with E-state index in [0.717, 1.165) is 37.7 Å². The molecular weight excluding hydrogens is 430 g/mol. The zero-order valence-corrected chi connectivity index (χ0v) is 19.3. The van der Waals surface area contributed by atoms with E-state index in [-0.39, 0.29) is 12.3 Å². The Bertz CT molecular complexity index is 1450. The molecule has 0 unspecified atom stereocenters. The first-order chi connectivity index (χ1) is 16.1. The zero-order chi connectivity index (χ0) is 22.8. The minimum absolute atomic E-state index is 0.00943. The maximum atomic E-state index is 13.6. The van der Waals surface area contributed by atoms with Crippen LogP contribution in [-0.4, -0.2) is 23.0 Å². The summed E-state index contributed by atoms with van der Waals surface area (Å²) in [5.74, 6) is 0.700. The first-order valence-electron chi connectivity index (χ1n) is 10.7. The van der Waals surface area contributed by atoms with E-state index in [9.17, 15) is 4.79 Å². The number of hydrogen-bond acceptors (Lipinski definition) is 5. The topological polar surface area (TPSA) is 55.3 Å². The summed E-state index contributed by atoms with van der Waals surface area (Å²) >= 11 is 1.52. The van der Waals surface area contributed by atoms with Crippen LogP contribution in [0.3, 0.4) is 0 Å². The first kappa shape index (κ1) is 21.1. The van der Waals surface area contributed by atoms with Gasteiger partial charge in [-0.1, -0.05) is 65.9 Å². The van der Waals surface area contributed by atoms with Gasteiger partial charge in [-0.05, 0) is 46.5 Å². The van der Waals surface area contributed by atoms with E-state index in [4.69, 9.17) is 9.72 Å². The molecule has 0 bridgehead atoms. The number of anilines is 1. The summed E-state index contributed by atoms with van der Waals surface area (Å²) in [5.41, 5.74) is 3.82. The summed E-state index contributed by atoms with van der Waals surface area (Å²) in [6, 6.07) is 22.1. The van der Waals surface area contributed by atoms with Crippen LogP contribution in [0, 0.1) is 6.92 Å². The van der Waals surface area contributed by atoms with E-state index in [0.29, 0.717) is 17.4 Å². The van der Waals surface area contributed by atoms with Crippen molar-refractivity contribution in [1.29, 1.82) is 0 Å². The molecule has 5 nitrogen and oxygen atoms in total. The van der Waals surface area contributed by atoms with Gasteiger partial charge in [-0.15, -0.1) is 0 Å². The number of carbonyl (C=O) groups excluding carboxylic acids is 1. The van der Waals surface area contributed by atoms with Crippen LogP contribution in [0.15, 0.2) is 79.1 Å². The van der Waals surface area contributed by atoms with Gasteiger partial charge in [-0.2, -0.15) is 0 Å². The van der Waals surface area contributed by atoms with Crippen LogP contribution in [0.5, 0.6) is 5.75 Å². The SMILES string of the molecule is COc1ccc(C)c2sc(N(Cc3cccnc3)C(=O)Cc3ccc4ccccc4c3)nc12. The van der Waals surface area contributed by atoms with E-state index in [1.165, 1.54) is 11.3 Å². The molecule has 5 aromatic rings. The van der Waals surface area contributed by atoms with Crippen LogP contribution in [-0.2, 0) is 17.8 Å². The predicted octanol–water partition coefficient (Wildman–Crippen LogP) is 5.94. The second-order valence-corrected chi connectivity index (χ2v) is 8.94. The van der Waals surface area contributed by atoms with Crippen molar-refractivity contribution in [2.24, 2.45) is 0 Å². The van der Waals surface area contributed by atoms with Gasteiger partial charge in [0.15, 0.2) is 5.13 Å². The van der Waals surface area contributed by atoms with Crippen LogP contribution in [0.2, 0.25) is 0 Å². The Morgan fingerprint density at radius 2 is 1.85 bits per heavy atom. The van der Waals surface area contributed by atoms with E-state index in [1.54, 1.807) is 24.4 Å². The fraction of sp³-hybridized carbons (Fsp3) is 0.148.